The fourth-order valence-electron chi connectivity index (χ4n) is 4.65. The maximum Gasteiger partial charge on any atom is 0.338 e. The molecule has 0 amide bonds. The standard InChI is InChI=1S/C29H24ClN3O8S/c1-5-40-28(35)25-15(2)31-29-32(26(25)16-6-10-22(38-3)23(12-16)39-4)27(34)24(42-29)14-18-8-11-21(41-18)19-9-7-17(33(36)37)13-20(19)30/h6-14,26H,5H2,1-4H3. The van der Waals surface area contributed by atoms with Gasteiger partial charge in [0.1, 0.15) is 11.5 Å². The van der Waals surface area contributed by atoms with Gasteiger partial charge in [0, 0.05) is 23.8 Å². The van der Waals surface area contributed by atoms with Gasteiger partial charge in [0.05, 0.1) is 52.6 Å². The highest BCUT2D eigenvalue weighted by Gasteiger charge is 2.34. The monoisotopic (exact) mass is 609 g/mol. The van der Waals surface area contributed by atoms with E-state index in [1.54, 1.807) is 50.3 Å². The Kier molecular flexibility index (Phi) is 8.01. The van der Waals surface area contributed by atoms with Gasteiger partial charge in [0.15, 0.2) is 16.3 Å². The van der Waals surface area contributed by atoms with E-state index in [0.717, 1.165) is 11.3 Å². The molecule has 0 spiro atoms. The van der Waals surface area contributed by atoms with E-state index in [-0.39, 0.29) is 28.4 Å². The van der Waals surface area contributed by atoms with Gasteiger partial charge in [-0.3, -0.25) is 19.5 Å². The molecule has 1 unspecified atom stereocenters. The van der Waals surface area contributed by atoms with Crippen molar-refractivity contribution in [1.82, 2.24) is 4.57 Å². The predicted octanol–water partition coefficient (Wildman–Crippen LogP) is 4.64. The predicted molar refractivity (Wildman–Crippen MR) is 156 cm³/mol. The lowest BCUT2D eigenvalue weighted by atomic mass is 9.95. The Morgan fingerprint density at radius 2 is 1.93 bits per heavy atom. The third kappa shape index (κ3) is 5.21. The molecule has 0 radical (unpaired) electrons. The van der Waals surface area contributed by atoms with Crippen molar-refractivity contribution in [2.24, 2.45) is 4.99 Å². The molecular formula is C29H24ClN3O8S. The highest BCUT2D eigenvalue weighted by Crippen LogP contribution is 2.36. The first-order valence-electron chi connectivity index (χ1n) is 12.6. The lowest BCUT2D eigenvalue weighted by Crippen LogP contribution is -2.39. The molecule has 2 aromatic heterocycles. The van der Waals surface area contributed by atoms with Crippen molar-refractivity contribution in [2.75, 3.05) is 20.8 Å². The average molecular weight is 610 g/mol. The molecule has 1 aliphatic rings. The van der Waals surface area contributed by atoms with Crippen molar-refractivity contribution in [3.63, 3.8) is 0 Å². The number of esters is 1. The first-order chi connectivity index (χ1) is 20.2. The summed E-state index contributed by atoms with van der Waals surface area (Å²) in [4.78, 5) is 42.5. The van der Waals surface area contributed by atoms with Crippen LogP contribution in [0.15, 0.2) is 74.0 Å². The Bertz CT molecular complexity index is 1940. The lowest BCUT2D eigenvalue weighted by Gasteiger charge is -2.25. The van der Waals surface area contributed by atoms with E-state index >= 15 is 0 Å². The first kappa shape index (κ1) is 28.8. The number of thiazole rings is 1. The normalized spacial score (nSPS) is 14.8. The molecule has 0 bridgehead atoms. The number of nitrogens with zero attached hydrogens (tertiary/aromatic N) is 3. The van der Waals surface area contributed by atoms with Crippen molar-refractivity contribution in [3.8, 4) is 22.8 Å². The number of allylic oxidation sites excluding steroid dienone is 1. The fourth-order valence-corrected chi connectivity index (χ4v) is 5.95. The Morgan fingerprint density at radius 3 is 2.60 bits per heavy atom. The number of hydrogen-bond acceptors (Lipinski definition) is 10. The number of carbonyl (C=O) groups excluding carboxylic acids is 1. The van der Waals surface area contributed by atoms with Gasteiger partial charge in [-0.1, -0.05) is 29.0 Å². The molecule has 13 heteroatoms. The number of benzene rings is 2. The molecular weight excluding hydrogens is 586 g/mol. The van der Waals surface area contributed by atoms with Gasteiger partial charge in [-0.2, -0.15) is 0 Å². The van der Waals surface area contributed by atoms with E-state index in [2.05, 4.69) is 4.99 Å². The zero-order valence-corrected chi connectivity index (χ0v) is 24.4. The van der Waals surface area contributed by atoms with Crippen LogP contribution in [0.5, 0.6) is 11.5 Å². The first-order valence-corrected chi connectivity index (χ1v) is 13.8. The molecule has 0 aliphatic carbocycles. The number of non-ortho nitro benzene ring substituents is 1. The maximum atomic E-state index is 13.9. The molecule has 1 atom stereocenters. The van der Waals surface area contributed by atoms with Crippen LogP contribution in [0.4, 0.5) is 5.69 Å². The molecule has 3 heterocycles. The van der Waals surface area contributed by atoms with Gasteiger partial charge in [-0.15, -0.1) is 0 Å². The van der Waals surface area contributed by atoms with Crippen LogP contribution in [-0.4, -0.2) is 36.3 Å². The topological polar surface area (TPSA) is 135 Å². The molecule has 5 rings (SSSR count). The number of ether oxygens (including phenoxy) is 3. The molecule has 4 aromatic rings. The summed E-state index contributed by atoms with van der Waals surface area (Å²) in [5.41, 5.74) is 1.19. The smallest absolute Gasteiger partial charge is 0.338 e. The van der Waals surface area contributed by atoms with Crippen LogP contribution in [-0.2, 0) is 9.53 Å². The lowest BCUT2D eigenvalue weighted by molar-refractivity contribution is -0.384. The van der Waals surface area contributed by atoms with Gasteiger partial charge in [-0.25, -0.2) is 9.79 Å². The van der Waals surface area contributed by atoms with Crippen LogP contribution < -0.4 is 24.4 Å². The number of furan rings is 1. The second-order valence-electron chi connectivity index (χ2n) is 9.04. The molecule has 2 aromatic carbocycles. The summed E-state index contributed by atoms with van der Waals surface area (Å²) in [5, 5.41) is 11.2. The minimum Gasteiger partial charge on any atom is -0.493 e. The second kappa shape index (κ2) is 11.7. The number of aromatic nitrogens is 1. The molecule has 216 valence electrons. The molecule has 0 N–H and O–H groups in total. The van der Waals surface area contributed by atoms with E-state index in [1.807, 2.05) is 0 Å². The van der Waals surface area contributed by atoms with E-state index in [0.29, 0.717) is 49.2 Å². The maximum absolute atomic E-state index is 13.9. The van der Waals surface area contributed by atoms with Gasteiger partial charge >= 0.3 is 5.97 Å². The quantitative estimate of drug-likeness (QED) is 0.160. The van der Waals surface area contributed by atoms with Crippen molar-refractivity contribution in [3.05, 3.63) is 106 Å². The summed E-state index contributed by atoms with van der Waals surface area (Å²) in [6.07, 6.45) is 1.57. The minimum atomic E-state index is -0.840. The highest BCUT2D eigenvalue weighted by molar-refractivity contribution is 7.07. The number of nitro benzene ring substituents is 1. The second-order valence-corrected chi connectivity index (χ2v) is 10.5. The Hall–Kier alpha value is -4.68. The summed E-state index contributed by atoms with van der Waals surface area (Å²) in [7, 11) is 3.02. The Balaban J connectivity index is 1.63. The molecule has 42 heavy (non-hydrogen) atoms. The van der Waals surface area contributed by atoms with Crippen LogP contribution in [0.3, 0.4) is 0 Å². The van der Waals surface area contributed by atoms with Gasteiger partial charge in [0.2, 0.25) is 0 Å². The molecule has 0 saturated heterocycles. The zero-order chi connectivity index (χ0) is 30.1. The number of carbonyl (C=O) groups is 1. The number of hydrogen-bond donors (Lipinski definition) is 0. The summed E-state index contributed by atoms with van der Waals surface area (Å²) >= 11 is 7.41. The van der Waals surface area contributed by atoms with Crippen molar-refractivity contribution in [2.45, 2.75) is 19.9 Å². The van der Waals surface area contributed by atoms with E-state index in [9.17, 15) is 19.7 Å². The van der Waals surface area contributed by atoms with Gasteiger partial charge in [0.25, 0.3) is 11.2 Å². The summed E-state index contributed by atoms with van der Waals surface area (Å²) in [6, 6.07) is 11.7. The van der Waals surface area contributed by atoms with Crippen molar-refractivity contribution >= 4 is 40.7 Å². The van der Waals surface area contributed by atoms with E-state index in [4.69, 9.17) is 30.2 Å². The Labute approximate surface area is 247 Å². The molecule has 1 aliphatic heterocycles. The van der Waals surface area contributed by atoms with Gasteiger partial charge in [-0.05, 0) is 49.7 Å². The summed E-state index contributed by atoms with van der Waals surface area (Å²) in [5.74, 6) is 1.08. The van der Waals surface area contributed by atoms with Crippen molar-refractivity contribution < 1.29 is 28.3 Å². The summed E-state index contributed by atoms with van der Waals surface area (Å²) < 4.78 is 23.9. The van der Waals surface area contributed by atoms with Crippen LogP contribution in [0.1, 0.15) is 31.2 Å². The van der Waals surface area contributed by atoms with Crippen molar-refractivity contribution in [1.29, 1.82) is 0 Å². The number of fused-ring (bicyclic) bond motifs is 1. The zero-order valence-electron chi connectivity index (χ0n) is 22.9. The third-order valence-corrected chi connectivity index (χ3v) is 7.87. The van der Waals surface area contributed by atoms with E-state index < -0.39 is 16.9 Å². The highest BCUT2D eigenvalue weighted by atomic mass is 35.5. The minimum absolute atomic E-state index is 0.141. The number of halogens is 1. The van der Waals surface area contributed by atoms with E-state index in [1.165, 1.54) is 37.0 Å². The van der Waals surface area contributed by atoms with Crippen LogP contribution in [0, 0.1) is 10.1 Å². The third-order valence-electron chi connectivity index (χ3n) is 6.57. The molecule has 0 saturated carbocycles. The molecule has 11 nitrogen and oxygen atoms in total. The van der Waals surface area contributed by atoms with Crippen LogP contribution >= 0.6 is 22.9 Å². The number of rotatable bonds is 8. The summed E-state index contributed by atoms with van der Waals surface area (Å²) in [6.45, 7) is 3.55. The fraction of sp³-hybridized carbons (Fsp3) is 0.207. The SMILES string of the molecule is CCOC(=O)C1=C(C)N=c2sc(=Cc3ccc(-c4ccc([N+](=O)[O-])cc4Cl)o3)c(=O)n2C1c1ccc(OC)c(OC)c1. The largest absolute Gasteiger partial charge is 0.493 e. The number of methoxy groups -OCH3 is 2. The Morgan fingerprint density at radius 1 is 1.17 bits per heavy atom. The molecule has 0 fully saturated rings. The number of nitro groups is 1. The van der Waals surface area contributed by atoms with Crippen LogP contribution in [0.2, 0.25) is 5.02 Å². The van der Waals surface area contributed by atoms with Crippen LogP contribution in [0.25, 0.3) is 17.4 Å². The van der Waals surface area contributed by atoms with Gasteiger partial charge < -0.3 is 18.6 Å². The average Bonchev–Trinajstić information content (AvgIpc) is 3.55.